The third-order valence-electron chi connectivity index (χ3n) is 5.91. The van der Waals surface area contributed by atoms with Gasteiger partial charge >= 0.3 is 0 Å². The fourth-order valence-electron chi connectivity index (χ4n) is 3.92. The standard InChI is InChI=1S/C24H33N5O3/c1-4-27(5-2)13-9-10-18(3)25-23(31)20-16-21-24(32)28(14-15-29(21)26-20)17-22(30)19-11-7-6-8-12-19/h6-8,11-12,16,18H,4-5,9-10,13-15,17H2,1-3H3,(H,25,31). The van der Waals surface area contributed by atoms with Gasteiger partial charge in [-0.15, -0.1) is 0 Å². The van der Waals surface area contributed by atoms with Crippen LogP contribution < -0.4 is 5.32 Å². The predicted octanol–water partition coefficient (Wildman–Crippen LogP) is 2.46. The highest BCUT2D eigenvalue weighted by Crippen LogP contribution is 2.15. The van der Waals surface area contributed by atoms with E-state index in [1.54, 1.807) is 28.9 Å². The lowest BCUT2D eigenvalue weighted by molar-refractivity contribution is 0.0658. The molecule has 0 aliphatic carbocycles. The maximum atomic E-state index is 12.9. The van der Waals surface area contributed by atoms with E-state index in [4.69, 9.17) is 0 Å². The summed E-state index contributed by atoms with van der Waals surface area (Å²) in [4.78, 5) is 41.9. The summed E-state index contributed by atoms with van der Waals surface area (Å²) in [7, 11) is 0. The van der Waals surface area contributed by atoms with Gasteiger partial charge in [-0.05, 0) is 39.4 Å². The molecular formula is C24H33N5O3. The molecule has 32 heavy (non-hydrogen) atoms. The third-order valence-corrected chi connectivity index (χ3v) is 5.91. The van der Waals surface area contributed by atoms with Crippen LogP contribution in [0.5, 0.6) is 0 Å². The van der Waals surface area contributed by atoms with E-state index in [2.05, 4.69) is 29.2 Å². The Balaban J connectivity index is 1.56. The van der Waals surface area contributed by atoms with Crippen molar-refractivity contribution in [1.82, 2.24) is 24.9 Å². The summed E-state index contributed by atoms with van der Waals surface area (Å²) in [6.45, 7) is 10.2. The zero-order valence-corrected chi connectivity index (χ0v) is 19.2. The fourth-order valence-corrected chi connectivity index (χ4v) is 3.92. The first-order valence-corrected chi connectivity index (χ1v) is 11.4. The molecule has 0 radical (unpaired) electrons. The second kappa shape index (κ2) is 11.0. The van der Waals surface area contributed by atoms with E-state index in [-0.39, 0.29) is 35.9 Å². The molecule has 1 N–H and O–H groups in total. The van der Waals surface area contributed by atoms with Gasteiger partial charge in [0, 0.05) is 24.2 Å². The first-order valence-electron chi connectivity index (χ1n) is 11.4. The Morgan fingerprint density at radius 1 is 1.16 bits per heavy atom. The molecule has 1 aliphatic rings. The van der Waals surface area contributed by atoms with Crippen LogP contribution in [0.1, 0.15) is 64.9 Å². The zero-order chi connectivity index (χ0) is 23.1. The molecule has 8 heteroatoms. The highest BCUT2D eigenvalue weighted by atomic mass is 16.2. The molecular weight excluding hydrogens is 406 g/mol. The topological polar surface area (TPSA) is 87.5 Å². The number of hydrogen-bond donors (Lipinski definition) is 1. The maximum Gasteiger partial charge on any atom is 0.272 e. The minimum Gasteiger partial charge on any atom is -0.348 e. The summed E-state index contributed by atoms with van der Waals surface area (Å²) in [5.74, 6) is -0.662. The van der Waals surface area contributed by atoms with Crippen molar-refractivity contribution in [3.8, 4) is 0 Å². The van der Waals surface area contributed by atoms with Gasteiger partial charge in [0.1, 0.15) is 5.69 Å². The molecule has 2 heterocycles. The number of nitrogens with zero attached hydrogens (tertiary/aromatic N) is 4. The fraction of sp³-hybridized carbons (Fsp3) is 0.500. The molecule has 0 bridgehead atoms. The number of rotatable bonds is 11. The zero-order valence-electron chi connectivity index (χ0n) is 19.2. The smallest absolute Gasteiger partial charge is 0.272 e. The van der Waals surface area contributed by atoms with E-state index in [1.165, 1.54) is 11.0 Å². The first kappa shape index (κ1) is 23.7. The normalized spacial score (nSPS) is 14.4. The number of hydrogen-bond acceptors (Lipinski definition) is 5. The molecule has 0 saturated heterocycles. The minimum absolute atomic E-state index is 0.0130. The summed E-state index contributed by atoms with van der Waals surface area (Å²) in [5, 5.41) is 7.31. The highest BCUT2D eigenvalue weighted by Gasteiger charge is 2.29. The Morgan fingerprint density at radius 3 is 2.56 bits per heavy atom. The number of carbonyl (C=O) groups excluding carboxylic acids is 3. The Morgan fingerprint density at radius 2 is 1.88 bits per heavy atom. The molecule has 8 nitrogen and oxygen atoms in total. The Bertz CT molecular complexity index is 936. The van der Waals surface area contributed by atoms with Crippen LogP contribution in [0.3, 0.4) is 0 Å². The van der Waals surface area contributed by atoms with Crippen molar-refractivity contribution in [2.75, 3.05) is 32.7 Å². The van der Waals surface area contributed by atoms with Crippen LogP contribution in [0.4, 0.5) is 0 Å². The lowest BCUT2D eigenvalue weighted by Gasteiger charge is -2.26. The summed E-state index contributed by atoms with van der Waals surface area (Å²) < 4.78 is 1.56. The Hall–Kier alpha value is -3.00. The molecule has 2 aromatic rings. The first-order chi connectivity index (χ1) is 15.4. The molecule has 0 fully saturated rings. The molecule has 1 atom stereocenters. The van der Waals surface area contributed by atoms with Crippen molar-refractivity contribution in [1.29, 1.82) is 0 Å². The van der Waals surface area contributed by atoms with Gasteiger partial charge < -0.3 is 15.1 Å². The van der Waals surface area contributed by atoms with Crippen molar-refractivity contribution in [2.24, 2.45) is 0 Å². The molecule has 0 spiro atoms. The molecule has 1 aromatic carbocycles. The average Bonchev–Trinajstić information content (AvgIpc) is 3.24. The van der Waals surface area contributed by atoms with Crippen LogP contribution in [-0.4, -0.2) is 75.9 Å². The summed E-state index contributed by atoms with van der Waals surface area (Å²) in [6.07, 6.45) is 1.88. The summed E-state index contributed by atoms with van der Waals surface area (Å²) in [6, 6.07) is 10.5. The van der Waals surface area contributed by atoms with Gasteiger partial charge in [-0.3, -0.25) is 19.1 Å². The van der Waals surface area contributed by atoms with Crippen LogP contribution >= 0.6 is 0 Å². The Labute approximate surface area is 189 Å². The van der Waals surface area contributed by atoms with E-state index in [0.717, 1.165) is 32.5 Å². The number of aromatic nitrogens is 2. The number of nitrogens with one attached hydrogen (secondary N) is 1. The second-order valence-corrected chi connectivity index (χ2v) is 8.20. The molecule has 1 aromatic heterocycles. The lowest BCUT2D eigenvalue weighted by Crippen LogP contribution is -2.43. The van der Waals surface area contributed by atoms with Gasteiger partial charge in [-0.25, -0.2) is 0 Å². The molecule has 1 aliphatic heterocycles. The second-order valence-electron chi connectivity index (χ2n) is 8.20. The van der Waals surface area contributed by atoms with Crippen LogP contribution in [0.25, 0.3) is 0 Å². The highest BCUT2D eigenvalue weighted by molar-refractivity contribution is 6.03. The van der Waals surface area contributed by atoms with Gasteiger partial charge in [-0.1, -0.05) is 44.2 Å². The van der Waals surface area contributed by atoms with E-state index in [9.17, 15) is 14.4 Å². The molecule has 172 valence electrons. The van der Waals surface area contributed by atoms with E-state index in [1.807, 2.05) is 13.0 Å². The van der Waals surface area contributed by atoms with Crippen LogP contribution in [0, 0.1) is 0 Å². The number of amides is 2. The number of carbonyl (C=O) groups is 3. The van der Waals surface area contributed by atoms with Gasteiger partial charge in [0.2, 0.25) is 0 Å². The molecule has 0 saturated carbocycles. The SMILES string of the molecule is CCN(CC)CCCC(C)NC(=O)c1cc2n(n1)CCN(CC(=O)c1ccccc1)C2=O. The number of benzene rings is 1. The third kappa shape index (κ3) is 5.82. The van der Waals surface area contributed by atoms with Crippen molar-refractivity contribution >= 4 is 17.6 Å². The number of Topliss-reactive ketones (excluding diaryl/α,β-unsaturated/α-hetero) is 1. The number of fused-ring (bicyclic) bond motifs is 1. The largest absolute Gasteiger partial charge is 0.348 e. The summed E-state index contributed by atoms with van der Waals surface area (Å²) >= 11 is 0. The van der Waals surface area contributed by atoms with Crippen molar-refractivity contribution in [3.05, 3.63) is 53.3 Å². The molecule has 3 rings (SSSR count). The van der Waals surface area contributed by atoms with Gasteiger partial charge in [-0.2, -0.15) is 5.10 Å². The monoisotopic (exact) mass is 439 g/mol. The van der Waals surface area contributed by atoms with E-state index >= 15 is 0 Å². The number of ketones is 1. The van der Waals surface area contributed by atoms with Crippen molar-refractivity contribution in [3.63, 3.8) is 0 Å². The molecule has 2 amide bonds. The average molecular weight is 440 g/mol. The van der Waals surface area contributed by atoms with Gasteiger partial charge in [0.25, 0.3) is 11.8 Å². The maximum absolute atomic E-state index is 12.9. The van der Waals surface area contributed by atoms with Gasteiger partial charge in [0.05, 0.1) is 13.1 Å². The van der Waals surface area contributed by atoms with Crippen molar-refractivity contribution < 1.29 is 14.4 Å². The van der Waals surface area contributed by atoms with Crippen LogP contribution in [0.15, 0.2) is 36.4 Å². The van der Waals surface area contributed by atoms with Crippen molar-refractivity contribution in [2.45, 2.75) is 46.2 Å². The van der Waals surface area contributed by atoms with Gasteiger partial charge in [0.15, 0.2) is 11.5 Å². The van der Waals surface area contributed by atoms with E-state index < -0.39 is 0 Å². The minimum atomic E-state index is -0.278. The van der Waals surface area contributed by atoms with Crippen LogP contribution in [-0.2, 0) is 6.54 Å². The van der Waals surface area contributed by atoms with E-state index in [0.29, 0.717) is 24.3 Å². The summed E-state index contributed by atoms with van der Waals surface area (Å²) in [5.41, 5.74) is 1.16. The Kier molecular flexibility index (Phi) is 8.16. The lowest BCUT2D eigenvalue weighted by atomic mass is 10.1. The quantitative estimate of drug-likeness (QED) is 0.544. The van der Waals surface area contributed by atoms with Crippen LogP contribution in [0.2, 0.25) is 0 Å². The molecule has 1 unspecified atom stereocenters. The predicted molar refractivity (Wildman–Crippen MR) is 123 cm³/mol.